The van der Waals surface area contributed by atoms with Crippen LogP contribution in [0.4, 0.5) is 0 Å². The SMILES string of the molecule is O=[C-]O.O=[C-]O.O=[C-]O.O=[C-]O.[W]. The average molecular weight is 364 g/mol. The number of hydrogen-bond donors (Lipinski definition) is 4. The van der Waals surface area contributed by atoms with Gasteiger partial charge in [-0.05, 0) is 0 Å². The van der Waals surface area contributed by atoms with Gasteiger partial charge in [-0.2, -0.15) is 0 Å². The van der Waals surface area contributed by atoms with E-state index >= 15 is 0 Å². The second-order valence-electron chi connectivity index (χ2n) is 0.365. The van der Waals surface area contributed by atoms with E-state index in [-0.39, 0.29) is 21.1 Å². The summed E-state index contributed by atoms with van der Waals surface area (Å²) in [5.74, 6) is 0. The molecule has 4 N–H and O–H groups in total. The van der Waals surface area contributed by atoms with E-state index in [0.29, 0.717) is 25.9 Å². The van der Waals surface area contributed by atoms with Crippen LogP contribution in [0.5, 0.6) is 0 Å². The molecule has 0 aliphatic carbocycles. The van der Waals surface area contributed by atoms with E-state index in [0.717, 1.165) is 0 Å². The minimum Gasteiger partial charge on any atom is -0.665 e. The third-order valence-corrected chi connectivity index (χ3v) is 0. The van der Waals surface area contributed by atoms with Gasteiger partial charge in [0, 0.05) is 21.1 Å². The van der Waals surface area contributed by atoms with E-state index in [4.69, 9.17) is 39.6 Å². The molecular formula is C4H4O8W-4. The van der Waals surface area contributed by atoms with Crippen molar-refractivity contribution in [2.75, 3.05) is 0 Å². The summed E-state index contributed by atoms with van der Waals surface area (Å²) in [4.78, 5) is 32.9. The van der Waals surface area contributed by atoms with Crippen molar-refractivity contribution in [2.24, 2.45) is 0 Å². The molecule has 13 heavy (non-hydrogen) atoms. The first-order valence-electron chi connectivity index (χ1n) is 1.71. The topological polar surface area (TPSA) is 149 Å². The third kappa shape index (κ3) is 379. The van der Waals surface area contributed by atoms with E-state index in [1.165, 1.54) is 0 Å². The molecule has 0 spiro atoms. The Balaban J connectivity index is -0.0000000213. The second kappa shape index (κ2) is 147. The van der Waals surface area contributed by atoms with Gasteiger partial charge in [-0.25, -0.2) is 0 Å². The Kier molecular flexibility index (Phi) is 338. The Morgan fingerprint density at radius 2 is 0.538 bits per heavy atom. The Morgan fingerprint density at radius 3 is 0.538 bits per heavy atom. The van der Waals surface area contributed by atoms with Gasteiger partial charge in [-0.1, -0.05) is 25.9 Å². The van der Waals surface area contributed by atoms with Gasteiger partial charge in [0.2, 0.25) is 0 Å². The minimum atomic E-state index is 0. The van der Waals surface area contributed by atoms with E-state index in [9.17, 15) is 0 Å². The van der Waals surface area contributed by atoms with Crippen molar-refractivity contribution in [3.63, 3.8) is 0 Å². The van der Waals surface area contributed by atoms with Crippen LogP contribution in [-0.2, 0) is 40.2 Å². The van der Waals surface area contributed by atoms with Crippen LogP contribution in [0.25, 0.3) is 0 Å². The minimum absolute atomic E-state index is 0. The molecule has 0 aliphatic heterocycles. The maximum Gasteiger partial charge on any atom is 0 e. The Hall–Kier alpha value is -1.43. The molecule has 0 saturated carbocycles. The second-order valence-corrected chi connectivity index (χ2v) is 0.365. The van der Waals surface area contributed by atoms with Crippen molar-refractivity contribution in [2.45, 2.75) is 0 Å². The summed E-state index contributed by atoms with van der Waals surface area (Å²) in [7, 11) is 0. The molecule has 9 heteroatoms. The van der Waals surface area contributed by atoms with E-state index in [2.05, 4.69) is 0 Å². The van der Waals surface area contributed by atoms with E-state index in [1.807, 2.05) is 0 Å². The average Bonchev–Trinajstić information content (AvgIpc) is 1.92. The van der Waals surface area contributed by atoms with Gasteiger partial charge < -0.3 is 39.6 Å². The van der Waals surface area contributed by atoms with Crippen LogP contribution in [0.2, 0.25) is 0 Å². The first kappa shape index (κ1) is 29.9. The normalized spacial score (nSPS) is 3.69. The monoisotopic (exact) mass is 364 g/mol. The third-order valence-electron chi connectivity index (χ3n) is 0. The predicted octanol–water partition coefficient (Wildman–Crippen LogP) is -1.56. The fourth-order valence-electron chi connectivity index (χ4n) is 0. The molecule has 0 bridgehead atoms. The molecule has 0 radical (unpaired) electrons. The fourth-order valence-corrected chi connectivity index (χ4v) is 0. The van der Waals surface area contributed by atoms with Crippen LogP contribution in [-0.4, -0.2) is 46.3 Å². The van der Waals surface area contributed by atoms with Crippen molar-refractivity contribution < 1.29 is 60.7 Å². The molecule has 0 saturated heterocycles. The summed E-state index contributed by atoms with van der Waals surface area (Å²) in [6.07, 6.45) is 0. The molecule has 0 unspecified atom stereocenters. The zero-order chi connectivity index (χ0) is 10.8. The van der Waals surface area contributed by atoms with Crippen molar-refractivity contribution in [3.05, 3.63) is 0 Å². The zero-order valence-electron chi connectivity index (χ0n) is 5.83. The van der Waals surface area contributed by atoms with Crippen LogP contribution in [0, 0.1) is 0 Å². The molecule has 0 atom stereocenters. The summed E-state index contributed by atoms with van der Waals surface area (Å²) in [6, 6.07) is 0. The van der Waals surface area contributed by atoms with Crippen LogP contribution in [0.1, 0.15) is 0 Å². The molecule has 0 aromatic heterocycles. The van der Waals surface area contributed by atoms with Crippen molar-refractivity contribution >= 4 is 25.9 Å². The molecule has 78 valence electrons. The Morgan fingerprint density at radius 1 is 0.538 bits per heavy atom. The smallest absolute Gasteiger partial charge is 0 e. The molecular weight excluding hydrogens is 360 g/mol. The first-order valence-corrected chi connectivity index (χ1v) is 1.71. The largest absolute Gasteiger partial charge is 0.665 e. The molecule has 8 nitrogen and oxygen atoms in total. The van der Waals surface area contributed by atoms with Crippen molar-refractivity contribution in [3.8, 4) is 0 Å². The van der Waals surface area contributed by atoms with Crippen molar-refractivity contribution in [1.82, 2.24) is 0 Å². The summed E-state index contributed by atoms with van der Waals surface area (Å²) < 4.78 is 0. The summed E-state index contributed by atoms with van der Waals surface area (Å²) in [6.45, 7) is 2.00. The quantitative estimate of drug-likeness (QED) is 0.377. The predicted molar refractivity (Wildman–Crippen MR) is 33.3 cm³/mol. The number of aliphatic hydroxyl groups excluding tert-OH is 4. The number of rotatable bonds is 0. The van der Waals surface area contributed by atoms with Gasteiger partial charge in [0.15, 0.2) is 0 Å². The fraction of sp³-hybridized carbons (Fsp3) is 0. The molecule has 0 aromatic carbocycles. The molecule has 0 aliphatic rings. The van der Waals surface area contributed by atoms with Gasteiger partial charge >= 0.3 is 0 Å². The van der Waals surface area contributed by atoms with Gasteiger partial charge in [0.25, 0.3) is 0 Å². The van der Waals surface area contributed by atoms with Gasteiger partial charge in [0.1, 0.15) is 0 Å². The van der Waals surface area contributed by atoms with Crippen LogP contribution < -0.4 is 0 Å². The van der Waals surface area contributed by atoms with Crippen LogP contribution in [0.3, 0.4) is 0 Å². The van der Waals surface area contributed by atoms with Gasteiger partial charge in [-0.3, -0.25) is 0 Å². The van der Waals surface area contributed by atoms with Crippen LogP contribution >= 0.6 is 0 Å². The first-order chi connectivity index (χ1) is 5.66. The standard InChI is InChI=1S/4CHO2.W/c4*2-1-3;/h4*(H,2,3);/q4*-1;. The van der Waals surface area contributed by atoms with Crippen molar-refractivity contribution in [1.29, 1.82) is 0 Å². The molecule has 0 amide bonds. The van der Waals surface area contributed by atoms with E-state index < -0.39 is 0 Å². The van der Waals surface area contributed by atoms with Gasteiger partial charge in [-0.15, -0.1) is 0 Å². The summed E-state index contributed by atoms with van der Waals surface area (Å²) >= 11 is 0. The Labute approximate surface area is 87.1 Å². The molecule has 0 rings (SSSR count). The van der Waals surface area contributed by atoms with Gasteiger partial charge in [0.05, 0.1) is 0 Å². The number of hydrogen-bond acceptors (Lipinski definition) is 4. The molecule has 0 heterocycles. The molecule has 0 aromatic rings. The molecule has 0 fully saturated rings. The maximum atomic E-state index is 8.24. The summed E-state index contributed by atoms with van der Waals surface area (Å²) in [5.41, 5.74) is 0. The Bertz CT molecular complexity index is 70.1. The zero-order valence-corrected chi connectivity index (χ0v) is 8.76. The van der Waals surface area contributed by atoms with E-state index in [1.54, 1.807) is 0 Å². The summed E-state index contributed by atoms with van der Waals surface area (Å²) in [5, 5.41) is 27.1. The van der Waals surface area contributed by atoms with Crippen LogP contribution in [0.15, 0.2) is 0 Å². The maximum absolute atomic E-state index is 8.24.